The Morgan fingerprint density at radius 3 is 2.44 bits per heavy atom. The van der Waals surface area contributed by atoms with Crippen LogP contribution in [0.15, 0.2) is 72.3 Å². The Balaban J connectivity index is 1.61. The van der Waals surface area contributed by atoms with Gasteiger partial charge in [0.1, 0.15) is 16.8 Å². The molecule has 0 fully saturated rings. The molecule has 0 aliphatic carbocycles. The van der Waals surface area contributed by atoms with Crippen molar-refractivity contribution >= 4 is 40.3 Å². The number of esters is 2. The second-order valence-electron chi connectivity index (χ2n) is 8.18. The minimum absolute atomic E-state index is 0.195. The van der Waals surface area contributed by atoms with Crippen molar-refractivity contribution in [3.8, 4) is 5.75 Å². The maximum Gasteiger partial charge on any atom is 0.342 e. The predicted molar refractivity (Wildman–Crippen MR) is 133 cm³/mol. The molecule has 0 radical (unpaired) electrons. The molecule has 1 aromatic heterocycles. The van der Waals surface area contributed by atoms with Crippen LogP contribution in [0.4, 0.5) is 0 Å². The van der Waals surface area contributed by atoms with Crippen LogP contribution in [-0.4, -0.2) is 39.5 Å². The van der Waals surface area contributed by atoms with Crippen molar-refractivity contribution in [2.45, 2.75) is 19.1 Å². The lowest BCUT2D eigenvalue weighted by Crippen LogP contribution is -2.29. The molecule has 0 saturated heterocycles. The average molecular weight is 503 g/mol. The molecule has 3 aromatic carbocycles. The minimum atomic E-state index is -1.99. The maximum absolute atomic E-state index is 13.2. The van der Waals surface area contributed by atoms with Gasteiger partial charge in [-0.1, -0.05) is 18.2 Å². The molecule has 1 aliphatic heterocycles. The lowest BCUT2D eigenvalue weighted by atomic mass is 9.88. The second-order valence-corrected chi connectivity index (χ2v) is 8.71. The number of hydrogen-bond acceptors (Lipinski definition) is 9. The third kappa shape index (κ3) is 4.23. The van der Waals surface area contributed by atoms with Crippen LogP contribution < -0.4 is 4.74 Å². The number of nitrogens with zero attached hydrogens (tertiary/aromatic N) is 2. The van der Waals surface area contributed by atoms with E-state index in [0.29, 0.717) is 33.5 Å². The molecule has 0 spiro atoms. The average Bonchev–Trinajstić information content (AvgIpc) is 3.46. The predicted octanol–water partition coefficient (Wildman–Crippen LogP) is 4.28. The number of carbonyl (C=O) groups is 2. The molecule has 9 heteroatoms. The Labute approximate surface area is 211 Å². The first-order valence-electron chi connectivity index (χ1n) is 11.3. The van der Waals surface area contributed by atoms with E-state index in [2.05, 4.69) is 8.75 Å². The summed E-state index contributed by atoms with van der Waals surface area (Å²) in [4.78, 5) is 25.3. The fraction of sp³-hybridized carbons (Fsp3) is 0.185. The van der Waals surface area contributed by atoms with Gasteiger partial charge >= 0.3 is 11.9 Å². The van der Waals surface area contributed by atoms with Gasteiger partial charge in [-0.25, -0.2) is 9.59 Å². The smallest absolute Gasteiger partial charge is 0.342 e. The Bertz CT molecular complexity index is 1480. The number of aliphatic hydroxyl groups is 1. The number of fused-ring (bicyclic) bond motifs is 1. The van der Waals surface area contributed by atoms with Crippen molar-refractivity contribution < 1.29 is 28.9 Å². The first kappa shape index (κ1) is 23.7. The lowest BCUT2D eigenvalue weighted by molar-refractivity contribution is -0.185. The van der Waals surface area contributed by atoms with E-state index in [1.54, 1.807) is 80.8 Å². The van der Waals surface area contributed by atoms with Crippen molar-refractivity contribution in [3.63, 3.8) is 0 Å². The normalized spacial score (nSPS) is 17.4. The quantitative estimate of drug-likeness (QED) is 0.373. The summed E-state index contributed by atoms with van der Waals surface area (Å²) in [6.45, 7) is 2.03. The second kappa shape index (κ2) is 9.52. The fourth-order valence-corrected chi connectivity index (χ4v) is 4.72. The van der Waals surface area contributed by atoms with E-state index in [9.17, 15) is 14.7 Å². The van der Waals surface area contributed by atoms with Crippen molar-refractivity contribution in [3.05, 3.63) is 94.6 Å². The largest absolute Gasteiger partial charge is 0.497 e. The number of carbonyl (C=O) groups excluding carboxylic acids is 2. The van der Waals surface area contributed by atoms with E-state index in [0.717, 1.165) is 22.8 Å². The molecule has 1 unspecified atom stereocenters. The van der Waals surface area contributed by atoms with E-state index in [4.69, 9.17) is 14.2 Å². The van der Waals surface area contributed by atoms with Gasteiger partial charge in [-0.2, -0.15) is 8.75 Å². The monoisotopic (exact) mass is 502 g/mol. The highest BCUT2D eigenvalue weighted by Crippen LogP contribution is 2.45. The molecule has 36 heavy (non-hydrogen) atoms. The topological polar surface area (TPSA) is 108 Å². The Morgan fingerprint density at radius 1 is 1.03 bits per heavy atom. The molecule has 1 aliphatic rings. The van der Waals surface area contributed by atoms with Crippen LogP contribution in [0, 0.1) is 0 Å². The van der Waals surface area contributed by atoms with Crippen molar-refractivity contribution in [1.29, 1.82) is 0 Å². The third-order valence-electron chi connectivity index (χ3n) is 6.03. The van der Waals surface area contributed by atoms with E-state index in [-0.39, 0.29) is 18.6 Å². The van der Waals surface area contributed by atoms with Crippen LogP contribution in [0.3, 0.4) is 0 Å². The molecule has 4 aromatic rings. The van der Waals surface area contributed by atoms with E-state index >= 15 is 0 Å². The summed E-state index contributed by atoms with van der Waals surface area (Å²) in [6, 6.07) is 18.9. The van der Waals surface area contributed by atoms with E-state index < -0.39 is 17.7 Å². The van der Waals surface area contributed by atoms with Gasteiger partial charge in [0.25, 0.3) is 5.79 Å². The first-order valence-corrected chi connectivity index (χ1v) is 12.0. The highest BCUT2D eigenvalue weighted by Gasteiger charge is 2.48. The molecular formula is C27H22N2O6S. The molecule has 182 valence electrons. The van der Waals surface area contributed by atoms with Crippen LogP contribution in [-0.2, 0) is 26.5 Å². The Hall–Kier alpha value is -4.08. The van der Waals surface area contributed by atoms with E-state index in [1.807, 2.05) is 0 Å². The standard InChI is InChI=1S/C27H22N2O6S/c1-3-34-25(30)17-6-4-16(5-7-17)14-21-24(18-8-13-22-23(15-18)29-36-28-22)26(31)35-27(21,32)19-9-11-20(33-2)12-10-19/h4-13,15,32H,3,14H2,1-2H3. The molecule has 0 amide bonds. The van der Waals surface area contributed by atoms with Gasteiger partial charge in [-0.05, 0) is 66.6 Å². The molecule has 1 atom stereocenters. The first-order chi connectivity index (χ1) is 17.4. The van der Waals surface area contributed by atoms with Crippen LogP contribution in [0.25, 0.3) is 16.6 Å². The van der Waals surface area contributed by atoms with Gasteiger partial charge in [0.2, 0.25) is 0 Å². The fourth-order valence-electron chi connectivity index (χ4n) is 4.20. The third-order valence-corrected chi connectivity index (χ3v) is 6.58. The summed E-state index contributed by atoms with van der Waals surface area (Å²) < 4.78 is 24.4. The number of rotatable bonds is 7. The van der Waals surface area contributed by atoms with Crippen LogP contribution in [0.2, 0.25) is 0 Å². The van der Waals surface area contributed by atoms with Gasteiger partial charge in [-0.3, -0.25) is 0 Å². The lowest BCUT2D eigenvalue weighted by Gasteiger charge is -2.26. The van der Waals surface area contributed by atoms with E-state index in [1.165, 1.54) is 0 Å². The molecule has 0 saturated carbocycles. The van der Waals surface area contributed by atoms with Crippen LogP contribution in [0.5, 0.6) is 5.75 Å². The highest BCUT2D eigenvalue weighted by atomic mass is 32.1. The number of ether oxygens (including phenoxy) is 3. The number of hydrogen-bond donors (Lipinski definition) is 1. The summed E-state index contributed by atoms with van der Waals surface area (Å²) >= 11 is 1.08. The zero-order chi connectivity index (χ0) is 25.3. The van der Waals surface area contributed by atoms with Gasteiger partial charge in [-0.15, -0.1) is 0 Å². The highest BCUT2D eigenvalue weighted by molar-refractivity contribution is 7.00. The zero-order valence-electron chi connectivity index (χ0n) is 19.6. The van der Waals surface area contributed by atoms with Crippen molar-refractivity contribution in [2.24, 2.45) is 0 Å². The Morgan fingerprint density at radius 2 is 1.75 bits per heavy atom. The number of aromatic nitrogens is 2. The minimum Gasteiger partial charge on any atom is -0.497 e. The van der Waals surface area contributed by atoms with Crippen LogP contribution in [0.1, 0.15) is 34.0 Å². The summed E-state index contributed by atoms with van der Waals surface area (Å²) in [5.74, 6) is -2.45. The molecule has 1 N–H and O–H groups in total. The number of cyclic esters (lactones) is 1. The van der Waals surface area contributed by atoms with Crippen molar-refractivity contribution in [1.82, 2.24) is 8.75 Å². The molecular weight excluding hydrogens is 480 g/mol. The SMILES string of the molecule is CCOC(=O)c1ccc(CC2=C(c3ccc4nsnc4c3)C(=O)OC2(O)c2ccc(OC)cc2)cc1. The number of methoxy groups -OCH3 is 1. The van der Waals surface area contributed by atoms with Gasteiger partial charge in [0, 0.05) is 17.6 Å². The van der Waals surface area contributed by atoms with Gasteiger partial charge in [0.05, 0.1) is 36.6 Å². The maximum atomic E-state index is 13.2. The summed E-state index contributed by atoms with van der Waals surface area (Å²) in [6.07, 6.45) is 0.195. The molecule has 2 heterocycles. The molecule has 8 nitrogen and oxygen atoms in total. The zero-order valence-corrected chi connectivity index (χ0v) is 20.4. The van der Waals surface area contributed by atoms with Gasteiger partial charge in [0.15, 0.2) is 0 Å². The van der Waals surface area contributed by atoms with Crippen molar-refractivity contribution in [2.75, 3.05) is 13.7 Å². The summed E-state index contributed by atoms with van der Waals surface area (Å²) in [5, 5.41) is 11.8. The number of benzene rings is 3. The molecule has 5 rings (SSSR count). The summed E-state index contributed by atoms with van der Waals surface area (Å²) in [7, 11) is 1.55. The Kier molecular flexibility index (Phi) is 6.26. The molecule has 0 bridgehead atoms. The van der Waals surface area contributed by atoms with Gasteiger partial charge < -0.3 is 19.3 Å². The summed E-state index contributed by atoms with van der Waals surface area (Å²) in [5.41, 5.74) is 4.16. The van der Waals surface area contributed by atoms with Crippen LogP contribution >= 0.6 is 11.7 Å².